The van der Waals surface area contributed by atoms with Crippen molar-refractivity contribution in [1.29, 1.82) is 0 Å². The molecule has 2 rings (SSSR count). The molecular formula is C22H32N4O2. The average Bonchev–Trinajstić information content (AvgIpc) is 2.72. The van der Waals surface area contributed by atoms with E-state index in [1.165, 1.54) is 19.3 Å². The summed E-state index contributed by atoms with van der Waals surface area (Å²) in [5, 5.41) is 7.76. The van der Waals surface area contributed by atoms with Crippen molar-refractivity contribution in [1.82, 2.24) is 15.1 Å². The highest BCUT2D eigenvalue weighted by Crippen LogP contribution is 2.14. The van der Waals surface area contributed by atoms with Crippen molar-refractivity contribution >= 4 is 6.03 Å². The Hall–Kier alpha value is -2.63. The molecule has 0 spiro atoms. The SMILES string of the molecule is CCCCCCCNC(=O)/N=c1\cnn(-c2ccccc2)c(OCCCC)c1. The van der Waals surface area contributed by atoms with Crippen molar-refractivity contribution in [3.05, 3.63) is 48.0 Å². The van der Waals surface area contributed by atoms with Gasteiger partial charge in [0.15, 0.2) is 0 Å². The second kappa shape index (κ2) is 12.7. The Morgan fingerprint density at radius 1 is 1.07 bits per heavy atom. The van der Waals surface area contributed by atoms with E-state index in [-0.39, 0.29) is 6.03 Å². The summed E-state index contributed by atoms with van der Waals surface area (Å²) in [6.45, 7) is 5.55. The van der Waals surface area contributed by atoms with E-state index in [0.29, 0.717) is 24.4 Å². The van der Waals surface area contributed by atoms with Crippen molar-refractivity contribution in [3.8, 4) is 11.6 Å². The summed E-state index contributed by atoms with van der Waals surface area (Å²) in [6, 6.07) is 11.2. The molecule has 1 N–H and O–H groups in total. The van der Waals surface area contributed by atoms with E-state index in [1.54, 1.807) is 16.9 Å². The zero-order valence-electron chi connectivity index (χ0n) is 17.1. The summed E-state index contributed by atoms with van der Waals surface area (Å²) in [6.07, 6.45) is 9.37. The summed E-state index contributed by atoms with van der Waals surface area (Å²) in [7, 11) is 0. The highest BCUT2D eigenvalue weighted by molar-refractivity contribution is 5.74. The quantitative estimate of drug-likeness (QED) is 0.574. The molecule has 0 saturated carbocycles. The van der Waals surface area contributed by atoms with Gasteiger partial charge in [-0.05, 0) is 25.0 Å². The number of hydrogen-bond donors (Lipinski definition) is 1. The maximum atomic E-state index is 12.1. The molecular weight excluding hydrogens is 352 g/mol. The van der Waals surface area contributed by atoms with Gasteiger partial charge >= 0.3 is 6.03 Å². The van der Waals surface area contributed by atoms with E-state index in [2.05, 4.69) is 29.3 Å². The molecule has 6 nitrogen and oxygen atoms in total. The summed E-state index contributed by atoms with van der Waals surface area (Å²) in [5.74, 6) is 0.577. The van der Waals surface area contributed by atoms with Gasteiger partial charge in [-0.2, -0.15) is 10.1 Å². The predicted molar refractivity (Wildman–Crippen MR) is 112 cm³/mol. The maximum Gasteiger partial charge on any atom is 0.341 e. The lowest BCUT2D eigenvalue weighted by Gasteiger charge is -2.13. The van der Waals surface area contributed by atoms with Gasteiger partial charge in [-0.25, -0.2) is 9.48 Å². The molecule has 2 aromatic rings. The van der Waals surface area contributed by atoms with Gasteiger partial charge in [0, 0.05) is 12.6 Å². The lowest BCUT2D eigenvalue weighted by molar-refractivity contribution is 0.248. The Kier molecular flexibility index (Phi) is 9.83. The Labute approximate surface area is 167 Å². The molecule has 28 heavy (non-hydrogen) atoms. The zero-order valence-corrected chi connectivity index (χ0v) is 17.1. The van der Waals surface area contributed by atoms with Crippen molar-refractivity contribution in [3.63, 3.8) is 0 Å². The van der Waals surface area contributed by atoms with Crippen LogP contribution in [0.1, 0.15) is 58.8 Å². The van der Waals surface area contributed by atoms with Crippen LogP contribution < -0.4 is 15.4 Å². The number of para-hydroxylation sites is 1. The smallest absolute Gasteiger partial charge is 0.341 e. The standard InChI is InChI=1S/C22H32N4O2/c1-3-5-7-8-12-15-23-22(27)25-19-17-21(28-16-6-4-2)26(24-18-19)20-13-10-9-11-14-20/h9-11,13-14,17-18H,3-8,12,15-16H2,1-2H3,(H,23,27)/b25-19-. The number of nitrogens with one attached hydrogen (secondary N) is 1. The topological polar surface area (TPSA) is 68.5 Å². The van der Waals surface area contributed by atoms with Gasteiger partial charge in [0.1, 0.15) is 0 Å². The number of carbonyl (C=O) groups excluding carboxylic acids is 1. The molecule has 152 valence electrons. The molecule has 0 aliphatic carbocycles. The summed E-state index contributed by atoms with van der Waals surface area (Å²) < 4.78 is 7.62. The van der Waals surface area contributed by atoms with Crippen LogP contribution >= 0.6 is 0 Å². The molecule has 0 saturated heterocycles. The van der Waals surface area contributed by atoms with E-state index in [1.807, 2.05) is 30.3 Å². The molecule has 0 unspecified atom stereocenters. The third-order valence-corrected chi connectivity index (χ3v) is 4.32. The minimum atomic E-state index is -0.339. The minimum Gasteiger partial charge on any atom is -0.478 e. The molecule has 0 aliphatic rings. The fraction of sp³-hybridized carbons (Fsp3) is 0.500. The van der Waals surface area contributed by atoms with Crippen LogP contribution in [-0.4, -0.2) is 29.0 Å². The van der Waals surface area contributed by atoms with E-state index in [0.717, 1.165) is 31.4 Å². The van der Waals surface area contributed by atoms with E-state index < -0.39 is 0 Å². The number of rotatable bonds is 11. The Morgan fingerprint density at radius 3 is 2.57 bits per heavy atom. The Morgan fingerprint density at radius 2 is 1.82 bits per heavy atom. The highest BCUT2D eigenvalue weighted by Gasteiger charge is 2.06. The van der Waals surface area contributed by atoms with Gasteiger partial charge in [-0.1, -0.05) is 64.2 Å². The van der Waals surface area contributed by atoms with Crippen LogP contribution in [0.2, 0.25) is 0 Å². The molecule has 0 atom stereocenters. The second-order valence-corrected chi connectivity index (χ2v) is 6.76. The fourth-order valence-corrected chi connectivity index (χ4v) is 2.73. The number of amides is 2. The lowest BCUT2D eigenvalue weighted by atomic mass is 10.1. The van der Waals surface area contributed by atoms with Crippen LogP contribution in [0.15, 0.2) is 47.6 Å². The van der Waals surface area contributed by atoms with Gasteiger partial charge in [-0.3, -0.25) is 0 Å². The van der Waals surface area contributed by atoms with Crippen LogP contribution in [0.3, 0.4) is 0 Å². The summed E-state index contributed by atoms with van der Waals surface area (Å²) >= 11 is 0. The molecule has 0 fully saturated rings. The first-order valence-corrected chi connectivity index (χ1v) is 10.3. The number of carbonyl (C=O) groups is 1. The number of hydrogen-bond acceptors (Lipinski definition) is 3. The zero-order chi connectivity index (χ0) is 20.0. The Balaban J connectivity index is 2.06. The average molecular weight is 385 g/mol. The third kappa shape index (κ3) is 7.55. The van der Waals surface area contributed by atoms with Crippen molar-refractivity contribution in [2.24, 2.45) is 4.99 Å². The fourth-order valence-electron chi connectivity index (χ4n) is 2.73. The first-order chi connectivity index (χ1) is 13.7. The first-order valence-electron chi connectivity index (χ1n) is 10.3. The number of urea groups is 1. The van der Waals surface area contributed by atoms with E-state index >= 15 is 0 Å². The van der Waals surface area contributed by atoms with Crippen LogP contribution in [0.25, 0.3) is 5.69 Å². The predicted octanol–water partition coefficient (Wildman–Crippen LogP) is 4.63. The van der Waals surface area contributed by atoms with Crippen molar-refractivity contribution in [2.75, 3.05) is 13.2 Å². The number of aromatic nitrogens is 2. The van der Waals surface area contributed by atoms with Crippen LogP contribution in [0, 0.1) is 0 Å². The van der Waals surface area contributed by atoms with Crippen LogP contribution in [-0.2, 0) is 0 Å². The molecule has 0 bridgehead atoms. The molecule has 6 heteroatoms. The summed E-state index contributed by atoms with van der Waals surface area (Å²) in [4.78, 5) is 16.2. The monoisotopic (exact) mass is 384 g/mol. The van der Waals surface area contributed by atoms with E-state index in [9.17, 15) is 4.79 Å². The maximum absolute atomic E-state index is 12.1. The van der Waals surface area contributed by atoms with Crippen molar-refractivity contribution in [2.45, 2.75) is 58.8 Å². The minimum absolute atomic E-state index is 0.339. The van der Waals surface area contributed by atoms with Crippen LogP contribution in [0.5, 0.6) is 5.88 Å². The second-order valence-electron chi connectivity index (χ2n) is 6.76. The third-order valence-electron chi connectivity index (χ3n) is 4.32. The lowest BCUT2D eigenvalue weighted by Crippen LogP contribution is -2.24. The Bertz CT molecular complexity index is 772. The highest BCUT2D eigenvalue weighted by atomic mass is 16.5. The van der Waals surface area contributed by atoms with E-state index in [4.69, 9.17) is 4.74 Å². The molecule has 0 aliphatic heterocycles. The molecule has 2 amide bonds. The van der Waals surface area contributed by atoms with Crippen molar-refractivity contribution < 1.29 is 9.53 Å². The normalized spacial score (nSPS) is 11.4. The molecule has 1 aromatic carbocycles. The van der Waals surface area contributed by atoms with Gasteiger partial charge in [0.25, 0.3) is 0 Å². The number of benzene rings is 1. The van der Waals surface area contributed by atoms with Gasteiger partial charge in [-0.15, -0.1) is 0 Å². The molecule has 0 radical (unpaired) electrons. The van der Waals surface area contributed by atoms with Gasteiger partial charge < -0.3 is 10.1 Å². The number of nitrogens with zero attached hydrogens (tertiary/aromatic N) is 3. The molecule has 1 aromatic heterocycles. The van der Waals surface area contributed by atoms with Crippen LogP contribution in [0.4, 0.5) is 4.79 Å². The largest absolute Gasteiger partial charge is 0.478 e. The van der Waals surface area contributed by atoms with Gasteiger partial charge in [0.05, 0.1) is 23.8 Å². The number of ether oxygens (including phenoxy) is 1. The van der Waals surface area contributed by atoms with Gasteiger partial charge in [0.2, 0.25) is 5.88 Å². The summed E-state index contributed by atoms with van der Waals surface area (Å²) in [5.41, 5.74) is 0.900. The molecule has 1 heterocycles. The first kappa shape index (κ1) is 21.7. The number of unbranched alkanes of at least 4 members (excludes halogenated alkanes) is 5.